The molecule has 0 unspecified atom stereocenters. The van der Waals surface area contributed by atoms with Gasteiger partial charge in [0.15, 0.2) is 0 Å². The van der Waals surface area contributed by atoms with Gasteiger partial charge in [-0.05, 0) is 43.0 Å². The fourth-order valence-electron chi connectivity index (χ4n) is 2.20. The lowest BCUT2D eigenvalue weighted by atomic mass is 10.1. The zero-order valence-electron chi connectivity index (χ0n) is 12.7. The topological polar surface area (TPSA) is 59.0 Å². The monoisotopic (exact) mass is 304 g/mol. The average molecular weight is 304 g/mol. The Morgan fingerprint density at radius 2 is 2.14 bits per heavy atom. The molecule has 0 aliphatic rings. The predicted molar refractivity (Wildman–Crippen MR) is 83.1 cm³/mol. The Morgan fingerprint density at radius 1 is 1.32 bits per heavy atom. The van der Waals surface area contributed by atoms with E-state index >= 15 is 0 Å². The molecule has 6 heteroatoms. The molecule has 2 aromatic rings. The number of imidazole rings is 1. The second kappa shape index (κ2) is 8.17. The molecule has 1 heterocycles. The molecule has 0 atom stereocenters. The highest BCUT2D eigenvalue weighted by atomic mass is 19.1. The summed E-state index contributed by atoms with van der Waals surface area (Å²) < 4.78 is 15.0. The number of carbonyl (C=O) groups is 1. The van der Waals surface area contributed by atoms with Crippen LogP contribution in [-0.4, -0.2) is 28.7 Å². The van der Waals surface area contributed by atoms with Crippen molar-refractivity contribution in [1.82, 2.24) is 20.2 Å². The second-order valence-corrected chi connectivity index (χ2v) is 5.16. The summed E-state index contributed by atoms with van der Waals surface area (Å²) in [5.41, 5.74) is 1.95. The lowest BCUT2D eigenvalue weighted by Gasteiger charge is -2.09. The van der Waals surface area contributed by atoms with Gasteiger partial charge in [0.05, 0.1) is 6.33 Å². The number of aryl methyl sites for hydroxylation is 2. The van der Waals surface area contributed by atoms with Crippen molar-refractivity contribution in [3.63, 3.8) is 0 Å². The van der Waals surface area contributed by atoms with Gasteiger partial charge in [-0.2, -0.15) is 0 Å². The molecule has 0 radical (unpaired) electrons. The first-order chi connectivity index (χ1) is 10.6. The molecule has 0 aliphatic heterocycles. The number of benzene rings is 1. The normalized spacial score (nSPS) is 10.5. The Kier molecular flexibility index (Phi) is 5.94. The fraction of sp³-hybridized carbons (Fsp3) is 0.375. The van der Waals surface area contributed by atoms with Crippen LogP contribution in [0, 0.1) is 12.7 Å². The summed E-state index contributed by atoms with van der Waals surface area (Å²) in [6.45, 7) is 3.84. The minimum absolute atomic E-state index is 0.176. The van der Waals surface area contributed by atoms with E-state index in [4.69, 9.17) is 0 Å². The van der Waals surface area contributed by atoms with E-state index in [0.29, 0.717) is 19.5 Å². The van der Waals surface area contributed by atoms with Crippen LogP contribution in [0.1, 0.15) is 17.5 Å². The van der Waals surface area contributed by atoms with Gasteiger partial charge in [-0.25, -0.2) is 14.2 Å². The first kappa shape index (κ1) is 16.0. The van der Waals surface area contributed by atoms with Gasteiger partial charge in [0.25, 0.3) is 0 Å². The molecule has 1 aromatic heterocycles. The zero-order chi connectivity index (χ0) is 15.8. The van der Waals surface area contributed by atoms with E-state index in [2.05, 4.69) is 15.6 Å². The summed E-state index contributed by atoms with van der Waals surface area (Å²) >= 11 is 0. The second-order valence-electron chi connectivity index (χ2n) is 5.16. The summed E-state index contributed by atoms with van der Waals surface area (Å²) in [4.78, 5) is 15.6. The van der Waals surface area contributed by atoms with Crippen molar-refractivity contribution in [3.05, 3.63) is 53.9 Å². The molecule has 22 heavy (non-hydrogen) atoms. The van der Waals surface area contributed by atoms with Crippen molar-refractivity contribution in [2.45, 2.75) is 26.3 Å². The molecular formula is C16H21FN4O. The number of halogens is 1. The van der Waals surface area contributed by atoms with Crippen LogP contribution in [0.25, 0.3) is 0 Å². The third kappa shape index (κ3) is 5.20. The van der Waals surface area contributed by atoms with Gasteiger partial charge in [0.2, 0.25) is 0 Å². The largest absolute Gasteiger partial charge is 0.338 e. The average Bonchev–Trinajstić information content (AvgIpc) is 2.99. The Morgan fingerprint density at radius 3 is 2.86 bits per heavy atom. The van der Waals surface area contributed by atoms with Gasteiger partial charge in [-0.3, -0.25) is 0 Å². The van der Waals surface area contributed by atoms with E-state index in [0.717, 1.165) is 24.1 Å². The highest BCUT2D eigenvalue weighted by molar-refractivity contribution is 5.73. The lowest BCUT2D eigenvalue weighted by molar-refractivity contribution is 0.240. The zero-order valence-corrected chi connectivity index (χ0v) is 12.7. The van der Waals surface area contributed by atoms with Gasteiger partial charge >= 0.3 is 6.03 Å². The molecule has 0 saturated heterocycles. The predicted octanol–water partition coefficient (Wildman–Crippen LogP) is 2.26. The highest BCUT2D eigenvalue weighted by Gasteiger charge is 2.02. The van der Waals surface area contributed by atoms with Crippen LogP contribution in [0.4, 0.5) is 9.18 Å². The highest BCUT2D eigenvalue weighted by Crippen LogP contribution is 2.10. The molecule has 5 nitrogen and oxygen atoms in total. The van der Waals surface area contributed by atoms with Crippen molar-refractivity contribution in [2.75, 3.05) is 13.1 Å². The first-order valence-corrected chi connectivity index (χ1v) is 7.37. The summed E-state index contributed by atoms with van der Waals surface area (Å²) in [6.07, 6.45) is 6.92. The molecule has 0 fully saturated rings. The van der Waals surface area contributed by atoms with Gasteiger partial charge in [0, 0.05) is 32.0 Å². The Hall–Kier alpha value is -2.37. The van der Waals surface area contributed by atoms with E-state index in [1.165, 1.54) is 12.1 Å². The molecule has 0 aliphatic carbocycles. The molecule has 2 rings (SSSR count). The number of amides is 2. The minimum atomic E-state index is -0.232. The van der Waals surface area contributed by atoms with Crippen molar-refractivity contribution in [2.24, 2.45) is 0 Å². The molecule has 2 amide bonds. The summed E-state index contributed by atoms with van der Waals surface area (Å²) in [6, 6.07) is 4.53. The minimum Gasteiger partial charge on any atom is -0.338 e. The number of hydrogen-bond donors (Lipinski definition) is 2. The number of nitrogens with one attached hydrogen (secondary N) is 2. The maximum absolute atomic E-state index is 13.0. The Bertz CT molecular complexity index is 598. The van der Waals surface area contributed by atoms with Gasteiger partial charge < -0.3 is 15.2 Å². The maximum atomic E-state index is 13.0. The quantitative estimate of drug-likeness (QED) is 0.771. The fourth-order valence-corrected chi connectivity index (χ4v) is 2.20. The Balaban J connectivity index is 1.59. The standard InChI is InChI=1S/C16H21FN4O/c1-13-11-15(17)4-3-14(13)5-7-20-16(22)19-6-2-9-21-10-8-18-12-21/h3-4,8,10-12H,2,5-7,9H2,1H3,(H2,19,20,22). The van der Waals surface area contributed by atoms with E-state index in [1.807, 2.05) is 17.7 Å². The van der Waals surface area contributed by atoms with Crippen molar-refractivity contribution >= 4 is 6.03 Å². The number of aromatic nitrogens is 2. The van der Waals surface area contributed by atoms with Gasteiger partial charge in [0.1, 0.15) is 5.82 Å². The van der Waals surface area contributed by atoms with Crippen LogP contribution in [0.5, 0.6) is 0 Å². The molecule has 118 valence electrons. The van der Waals surface area contributed by atoms with Crippen LogP contribution >= 0.6 is 0 Å². The number of urea groups is 1. The van der Waals surface area contributed by atoms with Crippen molar-refractivity contribution in [1.29, 1.82) is 0 Å². The molecule has 0 spiro atoms. The van der Waals surface area contributed by atoms with Crippen LogP contribution in [0.2, 0.25) is 0 Å². The van der Waals surface area contributed by atoms with Gasteiger partial charge in [-0.15, -0.1) is 0 Å². The molecule has 0 saturated carbocycles. The number of carbonyl (C=O) groups excluding carboxylic acids is 1. The molecular weight excluding hydrogens is 283 g/mol. The van der Waals surface area contributed by atoms with Crippen molar-refractivity contribution < 1.29 is 9.18 Å². The smallest absolute Gasteiger partial charge is 0.314 e. The van der Waals surface area contributed by atoms with Crippen molar-refractivity contribution in [3.8, 4) is 0 Å². The van der Waals surface area contributed by atoms with E-state index in [-0.39, 0.29) is 11.8 Å². The maximum Gasteiger partial charge on any atom is 0.314 e. The molecule has 1 aromatic carbocycles. The number of nitrogens with zero attached hydrogens (tertiary/aromatic N) is 2. The van der Waals surface area contributed by atoms with E-state index in [1.54, 1.807) is 18.6 Å². The Labute approximate surface area is 129 Å². The number of hydrogen-bond acceptors (Lipinski definition) is 2. The SMILES string of the molecule is Cc1cc(F)ccc1CCNC(=O)NCCCn1ccnc1. The van der Waals surface area contributed by atoms with Gasteiger partial charge in [-0.1, -0.05) is 6.07 Å². The van der Waals surface area contributed by atoms with Crippen LogP contribution in [-0.2, 0) is 13.0 Å². The third-order valence-corrected chi connectivity index (χ3v) is 3.42. The van der Waals surface area contributed by atoms with Crippen LogP contribution < -0.4 is 10.6 Å². The first-order valence-electron chi connectivity index (χ1n) is 7.37. The van der Waals surface area contributed by atoms with E-state index in [9.17, 15) is 9.18 Å². The van der Waals surface area contributed by atoms with Crippen LogP contribution in [0.15, 0.2) is 36.9 Å². The van der Waals surface area contributed by atoms with Crippen LogP contribution in [0.3, 0.4) is 0 Å². The number of rotatable bonds is 7. The summed E-state index contributed by atoms with van der Waals surface area (Å²) in [7, 11) is 0. The van der Waals surface area contributed by atoms with E-state index < -0.39 is 0 Å². The molecule has 0 bridgehead atoms. The lowest BCUT2D eigenvalue weighted by Crippen LogP contribution is -2.37. The summed E-state index contributed by atoms with van der Waals surface area (Å²) in [5.74, 6) is -0.232. The molecule has 2 N–H and O–H groups in total. The summed E-state index contributed by atoms with van der Waals surface area (Å²) in [5, 5.41) is 5.62. The third-order valence-electron chi connectivity index (χ3n) is 3.42.